The molecule has 5 rings (SSSR count). The molecule has 3 aromatic heterocycles. The van der Waals surface area contributed by atoms with Gasteiger partial charge < -0.3 is 10.6 Å². The molecule has 4 aromatic rings. The Morgan fingerprint density at radius 3 is 2.41 bits per heavy atom. The van der Waals surface area contributed by atoms with Gasteiger partial charge in [-0.25, -0.2) is 14.6 Å². The summed E-state index contributed by atoms with van der Waals surface area (Å²) in [4.78, 5) is 33.6. The van der Waals surface area contributed by atoms with Gasteiger partial charge in [0.25, 0.3) is 0 Å². The number of carbonyl (C=O) groups is 2. The van der Waals surface area contributed by atoms with E-state index in [0.717, 1.165) is 55.0 Å². The molecule has 1 saturated heterocycles. The Bertz CT molecular complexity index is 1330. The van der Waals surface area contributed by atoms with E-state index < -0.39 is 0 Å². The van der Waals surface area contributed by atoms with Crippen LogP contribution >= 0.6 is 11.3 Å². The van der Waals surface area contributed by atoms with E-state index in [1.54, 1.807) is 27.6 Å². The lowest BCUT2D eigenvalue weighted by Crippen LogP contribution is -2.38. The van der Waals surface area contributed by atoms with E-state index >= 15 is 0 Å². The van der Waals surface area contributed by atoms with Crippen molar-refractivity contribution in [3.8, 4) is 5.82 Å². The number of pyridine rings is 1. The second-order valence-corrected chi connectivity index (χ2v) is 10.0. The van der Waals surface area contributed by atoms with Crippen LogP contribution in [-0.2, 0) is 11.2 Å². The van der Waals surface area contributed by atoms with Gasteiger partial charge in [0.05, 0.1) is 16.4 Å². The first-order valence-electron chi connectivity index (χ1n) is 13.4. The average Bonchev–Trinajstić information content (AvgIpc) is 3.60. The van der Waals surface area contributed by atoms with E-state index in [4.69, 9.17) is 5.73 Å². The molecule has 0 bridgehead atoms. The second kappa shape index (κ2) is 14.9. The van der Waals surface area contributed by atoms with Crippen molar-refractivity contribution in [3.05, 3.63) is 87.8 Å². The largest absolute Gasteiger partial charge is 0.396 e. The zero-order valence-corrected chi connectivity index (χ0v) is 24.0. The minimum Gasteiger partial charge on any atom is -0.396 e. The zero-order valence-electron chi connectivity index (χ0n) is 23.2. The quantitative estimate of drug-likeness (QED) is 0.307. The van der Waals surface area contributed by atoms with Crippen LogP contribution in [0.25, 0.3) is 5.82 Å². The van der Waals surface area contributed by atoms with Crippen LogP contribution in [0.2, 0.25) is 0 Å². The van der Waals surface area contributed by atoms with Gasteiger partial charge in [-0.05, 0) is 56.9 Å². The number of nitrogens with zero attached hydrogens (tertiary/aromatic N) is 5. The number of thiazole rings is 1. The van der Waals surface area contributed by atoms with Crippen molar-refractivity contribution < 1.29 is 9.59 Å². The lowest BCUT2D eigenvalue weighted by atomic mass is 9.97. The van der Waals surface area contributed by atoms with Crippen molar-refractivity contribution in [2.45, 2.75) is 59.3 Å². The SMILES string of the molecule is CC.Cc1cc(C)n(-c2ncccc2N)n1.O=Cc1csc(C2CCN(C(=O)CCc3ccccc3)CC2)n1. The molecular formula is C30H38N6O2S. The number of hydrogen-bond acceptors (Lipinski definition) is 7. The summed E-state index contributed by atoms with van der Waals surface area (Å²) in [6, 6.07) is 15.8. The molecule has 0 aliphatic carbocycles. The minimum atomic E-state index is 0.236. The fraction of sp³-hybridized carbons (Fsp3) is 0.367. The number of nitrogens with two attached hydrogens (primary N) is 1. The fourth-order valence-electron chi connectivity index (χ4n) is 4.40. The van der Waals surface area contributed by atoms with Gasteiger partial charge in [0.2, 0.25) is 5.91 Å². The number of aldehydes is 1. The number of likely N-dealkylation sites (tertiary alicyclic amines) is 1. The Kier molecular flexibility index (Phi) is 11.4. The highest BCUT2D eigenvalue weighted by molar-refractivity contribution is 7.09. The third-order valence-corrected chi connectivity index (χ3v) is 7.38. The Morgan fingerprint density at radius 2 is 1.82 bits per heavy atom. The number of aromatic nitrogens is 4. The second-order valence-electron chi connectivity index (χ2n) is 9.12. The van der Waals surface area contributed by atoms with Crippen molar-refractivity contribution in [3.63, 3.8) is 0 Å². The van der Waals surface area contributed by atoms with E-state index in [1.807, 2.05) is 69.0 Å². The van der Waals surface area contributed by atoms with Crippen molar-refractivity contribution in [2.24, 2.45) is 0 Å². The highest BCUT2D eigenvalue weighted by Gasteiger charge is 2.25. The molecule has 1 aliphatic rings. The number of nitrogen functional groups attached to an aromatic ring is 1. The molecule has 0 unspecified atom stereocenters. The molecule has 206 valence electrons. The number of hydrogen-bond donors (Lipinski definition) is 1. The fourth-order valence-corrected chi connectivity index (χ4v) is 5.34. The molecule has 9 heteroatoms. The highest BCUT2D eigenvalue weighted by atomic mass is 32.1. The third kappa shape index (κ3) is 8.32. The van der Waals surface area contributed by atoms with Gasteiger partial charge in [0.15, 0.2) is 12.1 Å². The van der Waals surface area contributed by atoms with Crippen molar-refractivity contribution in [1.29, 1.82) is 0 Å². The van der Waals surface area contributed by atoms with Crippen molar-refractivity contribution in [1.82, 2.24) is 24.6 Å². The maximum Gasteiger partial charge on any atom is 0.222 e. The summed E-state index contributed by atoms with van der Waals surface area (Å²) in [5, 5.41) is 7.15. The molecule has 39 heavy (non-hydrogen) atoms. The third-order valence-electron chi connectivity index (χ3n) is 6.35. The number of anilines is 1. The van der Waals surface area contributed by atoms with Gasteiger partial charge in [0, 0.05) is 42.7 Å². The summed E-state index contributed by atoms with van der Waals surface area (Å²) >= 11 is 1.55. The molecule has 1 aromatic carbocycles. The lowest BCUT2D eigenvalue weighted by Gasteiger charge is -2.31. The molecule has 0 spiro atoms. The van der Waals surface area contributed by atoms with Crippen LogP contribution in [0.1, 0.15) is 71.5 Å². The summed E-state index contributed by atoms with van der Waals surface area (Å²) < 4.78 is 1.75. The number of piperidine rings is 1. The number of rotatable bonds is 6. The highest BCUT2D eigenvalue weighted by Crippen LogP contribution is 2.30. The average molecular weight is 547 g/mol. The molecule has 4 heterocycles. The van der Waals surface area contributed by atoms with Crippen LogP contribution in [-0.4, -0.2) is 49.9 Å². The normalized spacial score (nSPS) is 13.1. The Morgan fingerprint density at radius 1 is 1.10 bits per heavy atom. The van der Waals surface area contributed by atoms with Crippen LogP contribution in [0.3, 0.4) is 0 Å². The van der Waals surface area contributed by atoms with Crippen LogP contribution in [0.15, 0.2) is 60.1 Å². The minimum absolute atomic E-state index is 0.236. The van der Waals surface area contributed by atoms with E-state index in [9.17, 15) is 9.59 Å². The summed E-state index contributed by atoms with van der Waals surface area (Å²) in [5.74, 6) is 1.31. The van der Waals surface area contributed by atoms with Gasteiger partial charge in [-0.2, -0.15) is 5.10 Å². The van der Waals surface area contributed by atoms with Crippen LogP contribution < -0.4 is 5.73 Å². The summed E-state index contributed by atoms with van der Waals surface area (Å²) in [5.41, 5.74) is 10.2. The Balaban J connectivity index is 0.000000224. The first-order valence-corrected chi connectivity index (χ1v) is 14.3. The van der Waals surface area contributed by atoms with Crippen molar-refractivity contribution in [2.75, 3.05) is 18.8 Å². The summed E-state index contributed by atoms with van der Waals surface area (Å²) in [7, 11) is 0. The molecular weight excluding hydrogens is 508 g/mol. The van der Waals surface area contributed by atoms with E-state index in [0.29, 0.717) is 29.5 Å². The van der Waals surface area contributed by atoms with Crippen LogP contribution in [0, 0.1) is 13.8 Å². The number of benzene rings is 1. The molecule has 0 atom stereocenters. The molecule has 1 aliphatic heterocycles. The molecule has 0 saturated carbocycles. The monoisotopic (exact) mass is 546 g/mol. The topological polar surface area (TPSA) is 107 Å². The predicted molar refractivity (Wildman–Crippen MR) is 157 cm³/mol. The van der Waals surface area contributed by atoms with Gasteiger partial charge in [0.1, 0.15) is 5.69 Å². The van der Waals surface area contributed by atoms with E-state index in [1.165, 1.54) is 5.56 Å². The summed E-state index contributed by atoms with van der Waals surface area (Å²) in [6.45, 7) is 9.50. The predicted octanol–water partition coefficient (Wildman–Crippen LogP) is 5.79. The molecule has 8 nitrogen and oxygen atoms in total. The maximum absolute atomic E-state index is 12.3. The smallest absolute Gasteiger partial charge is 0.222 e. The molecule has 1 amide bonds. The molecule has 0 radical (unpaired) electrons. The Labute approximate surface area is 234 Å². The maximum atomic E-state index is 12.3. The van der Waals surface area contributed by atoms with E-state index in [-0.39, 0.29) is 5.91 Å². The number of aryl methyl sites for hydroxylation is 3. The van der Waals surface area contributed by atoms with Gasteiger partial charge in [-0.1, -0.05) is 44.2 Å². The number of amides is 1. The first-order chi connectivity index (χ1) is 18.9. The van der Waals surface area contributed by atoms with Crippen LogP contribution in [0.4, 0.5) is 5.69 Å². The first kappa shape index (κ1) is 29.7. The van der Waals surface area contributed by atoms with Gasteiger partial charge in [-0.15, -0.1) is 11.3 Å². The molecule has 2 N–H and O–H groups in total. The van der Waals surface area contributed by atoms with E-state index in [2.05, 4.69) is 27.2 Å². The summed E-state index contributed by atoms with van der Waals surface area (Å²) in [6.07, 6.45) is 5.74. The standard InChI is InChI=1S/C18H20N2O2S.C10H12N4.C2H6/c21-12-16-13-23-18(19-16)15-8-10-20(11-9-15)17(22)7-6-14-4-2-1-3-5-14;1-7-6-8(2)14(13-7)10-9(11)4-3-5-12-10;1-2/h1-5,12-13,15H,6-11H2;3-6H,11H2,1-2H3;1-2H3. The molecule has 1 fully saturated rings. The van der Waals surface area contributed by atoms with Crippen molar-refractivity contribution >= 4 is 29.2 Å². The zero-order chi connectivity index (χ0) is 28.2. The number of carbonyl (C=O) groups excluding carboxylic acids is 2. The van der Waals surface area contributed by atoms with Crippen LogP contribution in [0.5, 0.6) is 0 Å². The lowest BCUT2D eigenvalue weighted by molar-refractivity contribution is -0.132. The Hall–Kier alpha value is -3.85. The van der Waals surface area contributed by atoms with Gasteiger partial charge in [-0.3, -0.25) is 9.59 Å². The van der Waals surface area contributed by atoms with Gasteiger partial charge >= 0.3 is 0 Å².